The number of aromatic hydroxyl groups is 1. The first-order valence-corrected chi connectivity index (χ1v) is 47.4. The number of phosphoric acid groups is 1. The summed E-state index contributed by atoms with van der Waals surface area (Å²) in [5, 5.41) is 82.2. The number of aliphatic hydroxyl groups is 1. The first kappa shape index (κ1) is 115. The molecule has 51 nitrogen and oxygen atoms in total. The average Bonchev–Trinajstić information content (AvgIpc) is 1.66. The van der Waals surface area contributed by atoms with Crippen molar-refractivity contribution in [2.24, 2.45) is 34.6 Å². The third-order valence-electron chi connectivity index (χ3n) is 22.1. The van der Waals surface area contributed by atoms with Crippen LogP contribution in [0.4, 0.5) is 0 Å². The van der Waals surface area contributed by atoms with E-state index in [1.54, 1.807) is 61.5 Å². The van der Waals surface area contributed by atoms with Gasteiger partial charge in [-0.05, 0) is 131 Å². The third kappa shape index (κ3) is 38.4. The summed E-state index contributed by atoms with van der Waals surface area (Å²) in [4.78, 5) is 296. The van der Waals surface area contributed by atoms with Crippen molar-refractivity contribution in [3.63, 3.8) is 0 Å². The van der Waals surface area contributed by atoms with Gasteiger partial charge in [-0.3, -0.25) is 101 Å². The number of aromatic amines is 2. The number of amides is 16. The van der Waals surface area contributed by atoms with Gasteiger partial charge in [-0.25, -0.2) is 9.55 Å². The fraction of sp³-hybridized carbons (Fsp3) is 0.506. The standard InChI is InChI=1S/C87H125N24O27PS/c1-6-140-86(134)45(4)98-83(131)70(44(2)3)109-80(128)63(39-69(118)119)106-75(123)57(28-30-68(116)117)101-77(125)61(37-50-41-94-43-97-50)105-74(122)55(20-12-13-31-88)99-78(126)62(38-67(91)115)107-82(130)65-22-15-33-111(65)85(133)58(27-29-66(90)114)102-73(121)56(21-14-32-95-87(92)93)100-81(129)64(42-112)108-84(132)71(46(5)138-139(135,136)137)110-79(127)60(36-49-40-96-54-19-11-10-18-52(49)54)104-76(124)59(35-48-23-25-51(113)26-24-48)103-72(120)53(89)34-47-16-8-7-9-17-47/h7-11,16-19,23-26,40-41,43-46,53,55-65,70-71,96,112-113H,6,12-15,20-22,27-39,42,88-89H2,1-5H3,(H2,90,114)(H2,91,115)(H,94,97)(H,98,131)(H,99,126)(H,100,129)(H,101,125)(H,102,121)(H,103,120)(H,104,124)(H,105,122)(H,106,123)(H,107,130)(H,108,132)(H,109,128)(H,110,127)(H,116,117)(H,118,119)(H4,92,93,95)(H2,135,136,137)/t45-,46+,53-,55-,56-,57-,58-,59-,60-,61-,62-,63-,64-,65-,70-,71-/m0/s1. The summed E-state index contributed by atoms with van der Waals surface area (Å²) < 4.78 is 17.5. The van der Waals surface area contributed by atoms with Gasteiger partial charge in [-0.2, -0.15) is 0 Å². The highest BCUT2D eigenvalue weighted by molar-refractivity contribution is 8.13. The summed E-state index contributed by atoms with van der Waals surface area (Å²) in [6.45, 7) is 5.33. The molecule has 53 heteroatoms. The van der Waals surface area contributed by atoms with Gasteiger partial charge in [0.2, 0.25) is 99.6 Å². The van der Waals surface area contributed by atoms with Crippen molar-refractivity contribution in [1.82, 2.24) is 94.3 Å². The number of rotatable bonds is 60. The number of fused-ring (bicyclic) bond motifs is 1. The van der Waals surface area contributed by atoms with Gasteiger partial charge in [0.15, 0.2) is 5.96 Å². The number of carboxylic acids is 2. The lowest BCUT2D eigenvalue weighted by molar-refractivity contribution is -0.143. The van der Waals surface area contributed by atoms with Crippen molar-refractivity contribution in [2.45, 2.75) is 241 Å². The number of aromatic nitrogens is 3. The number of carboxylic acid groups (broad SMARTS) is 2. The lowest BCUT2D eigenvalue weighted by Crippen LogP contribution is -2.63. The molecular formula is C87H125N24O27PS. The number of likely N-dealkylation sites (tertiary alicyclic amines) is 1. The molecule has 3 aromatic carbocycles. The lowest BCUT2D eigenvalue weighted by atomic mass is 10.0. The summed E-state index contributed by atoms with van der Waals surface area (Å²) >= 11 is 0.920. The molecule has 3 heterocycles. The number of benzene rings is 3. The van der Waals surface area contributed by atoms with Gasteiger partial charge in [0.05, 0.1) is 49.7 Å². The second-order valence-electron chi connectivity index (χ2n) is 33.5. The number of aliphatic hydroxyl groups excluding tert-OH is 1. The van der Waals surface area contributed by atoms with Crippen LogP contribution in [0.15, 0.2) is 97.6 Å². The molecule has 1 aliphatic rings. The Bertz CT molecular complexity index is 5210. The number of nitrogens with zero attached hydrogens (tertiary/aromatic N) is 2. The molecule has 766 valence electrons. The van der Waals surface area contributed by atoms with Crippen molar-refractivity contribution in [2.75, 3.05) is 32.0 Å². The first-order valence-electron chi connectivity index (χ1n) is 44.8. The number of guanidine groups is 1. The molecule has 0 spiro atoms. The maximum Gasteiger partial charge on any atom is 0.469 e. The molecule has 5 aromatic rings. The van der Waals surface area contributed by atoms with Gasteiger partial charge in [0, 0.05) is 68.5 Å². The Balaban J connectivity index is 1.24. The monoisotopic (exact) mass is 2000 g/mol. The van der Waals surface area contributed by atoms with Gasteiger partial charge in [-0.1, -0.05) is 93.2 Å². The number of H-pyrrole nitrogens is 2. The molecule has 16 amide bonds. The highest BCUT2D eigenvalue weighted by atomic mass is 32.2. The van der Waals surface area contributed by atoms with Crippen molar-refractivity contribution in [1.29, 1.82) is 5.41 Å². The number of nitrogens with one attached hydrogen (secondary N) is 17. The Hall–Kier alpha value is -14.1. The number of hydrogen-bond acceptors (Lipinski definition) is 28. The molecule has 0 aliphatic carbocycles. The minimum Gasteiger partial charge on any atom is -0.508 e. The van der Waals surface area contributed by atoms with Crippen LogP contribution in [0, 0.1) is 11.3 Å². The smallest absolute Gasteiger partial charge is 0.469 e. The molecule has 140 heavy (non-hydrogen) atoms. The number of aliphatic carboxylic acids is 2. The molecular weight excluding hydrogens is 1880 g/mol. The zero-order valence-electron chi connectivity index (χ0n) is 77.5. The van der Waals surface area contributed by atoms with Crippen LogP contribution in [0.2, 0.25) is 0 Å². The number of nitrogens with two attached hydrogens (primary N) is 5. The van der Waals surface area contributed by atoms with E-state index < -0.39 is 292 Å². The molecule has 0 saturated carbocycles. The number of phenols is 1. The third-order valence-corrected chi connectivity index (χ3v) is 23.6. The minimum absolute atomic E-state index is 0.0227. The Labute approximate surface area is 807 Å². The number of carbonyl (C=O) groups excluding carboxylic acids is 17. The van der Waals surface area contributed by atoms with Gasteiger partial charge in [0.25, 0.3) is 0 Å². The maximum absolute atomic E-state index is 15.1. The van der Waals surface area contributed by atoms with E-state index in [0.717, 1.165) is 23.6 Å². The van der Waals surface area contributed by atoms with E-state index in [0.29, 0.717) is 33.3 Å². The van der Waals surface area contributed by atoms with E-state index in [2.05, 4.69) is 89.4 Å². The zero-order valence-corrected chi connectivity index (χ0v) is 79.2. The molecule has 1 fully saturated rings. The highest BCUT2D eigenvalue weighted by Gasteiger charge is 2.44. The van der Waals surface area contributed by atoms with Crippen LogP contribution in [0.25, 0.3) is 10.9 Å². The van der Waals surface area contributed by atoms with Crippen LogP contribution in [-0.2, 0) is 126 Å². The molecule has 0 bridgehead atoms. The lowest BCUT2D eigenvalue weighted by Gasteiger charge is -2.31. The first-order chi connectivity index (χ1) is 66.2. The predicted molar refractivity (Wildman–Crippen MR) is 501 cm³/mol. The van der Waals surface area contributed by atoms with E-state index >= 15 is 9.59 Å². The van der Waals surface area contributed by atoms with Crippen molar-refractivity contribution in [3.8, 4) is 5.75 Å². The zero-order chi connectivity index (χ0) is 104. The van der Waals surface area contributed by atoms with Crippen LogP contribution in [0.5, 0.6) is 5.75 Å². The average molecular weight is 2000 g/mol. The van der Waals surface area contributed by atoms with E-state index in [9.17, 15) is 116 Å². The molecule has 1 saturated heterocycles. The number of unbranched alkanes of at least 4 members (excludes halogenated alkanes) is 1. The van der Waals surface area contributed by atoms with Gasteiger partial charge >= 0.3 is 19.8 Å². The summed E-state index contributed by atoms with van der Waals surface area (Å²) in [5.41, 5.74) is 31.0. The second-order valence-corrected chi connectivity index (χ2v) is 35.9. The topological polar surface area (TPSA) is 842 Å². The Morgan fingerprint density at radius 3 is 1.62 bits per heavy atom. The van der Waals surface area contributed by atoms with Gasteiger partial charge < -0.3 is 148 Å². The van der Waals surface area contributed by atoms with Crippen molar-refractivity contribution in [3.05, 3.63) is 120 Å². The molecule has 0 radical (unpaired) electrons. The Morgan fingerprint density at radius 2 is 1.05 bits per heavy atom. The highest BCUT2D eigenvalue weighted by Crippen LogP contribution is 2.38. The summed E-state index contributed by atoms with van der Waals surface area (Å²) in [5.74, 6) is -22.8. The predicted octanol–water partition coefficient (Wildman–Crippen LogP) is -6.19. The van der Waals surface area contributed by atoms with E-state index in [1.165, 1.54) is 63.8 Å². The van der Waals surface area contributed by atoms with E-state index in [-0.39, 0.29) is 82.4 Å². The van der Waals surface area contributed by atoms with Crippen LogP contribution < -0.4 is 103 Å². The molecule has 33 N–H and O–H groups in total. The molecule has 2 aromatic heterocycles. The largest absolute Gasteiger partial charge is 0.508 e. The minimum atomic E-state index is -5.62. The number of phenolic OH excluding ortho intramolecular Hbond substituents is 1. The van der Waals surface area contributed by atoms with E-state index in [4.69, 9.17) is 38.6 Å². The summed E-state index contributed by atoms with van der Waals surface area (Å²) in [6, 6.07) is -5.15. The van der Waals surface area contributed by atoms with Gasteiger partial charge in [0.1, 0.15) is 84.3 Å². The molecule has 1 aliphatic heterocycles. The Kier molecular flexibility index (Phi) is 46.5. The maximum atomic E-state index is 15.1. The van der Waals surface area contributed by atoms with Crippen molar-refractivity contribution < 1.29 is 130 Å². The second kappa shape index (κ2) is 56.7. The molecule has 6 rings (SSSR count). The fourth-order valence-electron chi connectivity index (χ4n) is 14.8. The number of carbonyl (C=O) groups is 19. The summed E-state index contributed by atoms with van der Waals surface area (Å²) in [6.07, 6.45) is -4.93. The Morgan fingerprint density at radius 1 is 0.543 bits per heavy atom. The van der Waals surface area contributed by atoms with Crippen LogP contribution >= 0.6 is 19.6 Å². The number of thioether (sulfide) groups is 1. The SMILES string of the molecule is CCSC(=O)[C@H](C)NC(=O)[C@@H](NC(=O)[C@H](CC(=O)O)NC(=O)[C@H](CCC(=O)O)NC(=O)[C@H](Cc1c[nH]cn1)NC(=O)[C@H](CCCCN)NC(=O)[C@H](CC(N)=O)NC(=O)[C@@H]1CCCN1C(=O)[C@H](CCC(N)=O)NC(=O)[C@H](CCCNC(=N)N)NC(=O)[C@H](CO)NC(=O)[C@@H](NC(=O)[C@H](Cc1c[nH]c2ccccc12)NC(=O)[C@H](Cc1ccc(O)cc1)NC(=O)[C@@H](N)Cc1ccccc1)[C@@H](C)OP(=O)(O)O)C(C)C. The molecule has 16 atom stereocenters. The van der Waals surface area contributed by atoms with Crippen LogP contribution in [0.1, 0.15) is 140 Å². The number of hydrogen-bond donors (Lipinski definition) is 28. The number of phosphoric ester groups is 1. The summed E-state index contributed by atoms with van der Waals surface area (Å²) in [7, 11) is -5.62. The van der Waals surface area contributed by atoms with Gasteiger partial charge in [-0.15, -0.1) is 0 Å². The fourth-order valence-corrected chi connectivity index (χ4v) is 15.9. The van der Waals surface area contributed by atoms with Crippen LogP contribution in [0.3, 0.4) is 0 Å². The van der Waals surface area contributed by atoms with Crippen LogP contribution in [-0.4, -0.2) is 296 Å². The number of primary amides is 2. The van der Waals surface area contributed by atoms with E-state index in [1.807, 2.05) is 0 Å². The number of para-hydroxylation sites is 1. The van der Waals surface area contributed by atoms with Crippen molar-refractivity contribution >= 4 is 148 Å². The quantitative estimate of drug-likeness (QED) is 0.00745. The normalized spacial score (nSPS) is 15.6. The number of imidazole rings is 1. The molecule has 0 unspecified atom stereocenters.